The van der Waals surface area contributed by atoms with Crippen molar-refractivity contribution in [3.63, 3.8) is 0 Å². The molecule has 4 aromatic rings. The summed E-state index contributed by atoms with van der Waals surface area (Å²) < 4.78 is 7.12. The average molecular weight is 477 g/mol. The Morgan fingerprint density at radius 2 is 1.85 bits per heavy atom. The van der Waals surface area contributed by atoms with E-state index < -0.39 is 11.5 Å². The highest BCUT2D eigenvalue weighted by atomic mass is 32.1. The van der Waals surface area contributed by atoms with Gasteiger partial charge >= 0.3 is 0 Å². The zero-order valence-corrected chi connectivity index (χ0v) is 19.9. The van der Waals surface area contributed by atoms with Gasteiger partial charge in [0.2, 0.25) is 0 Å². The molecular weight excluding hydrogens is 452 g/mol. The molecule has 2 aromatic carbocycles. The van der Waals surface area contributed by atoms with E-state index in [9.17, 15) is 9.59 Å². The van der Waals surface area contributed by atoms with E-state index in [1.165, 1.54) is 11.3 Å². The first-order valence-corrected chi connectivity index (χ1v) is 11.5. The topological polar surface area (TPSA) is 94.8 Å². The second-order valence-electron chi connectivity index (χ2n) is 7.66. The maximum absolute atomic E-state index is 13.2. The maximum atomic E-state index is 13.2. The predicted octanol–water partition coefficient (Wildman–Crippen LogP) is 4.16. The van der Waals surface area contributed by atoms with Gasteiger partial charge in [-0.2, -0.15) is 4.68 Å². The number of benzene rings is 2. The fourth-order valence-corrected chi connectivity index (χ4v) is 4.10. The van der Waals surface area contributed by atoms with Crippen LogP contribution in [0.2, 0.25) is 0 Å². The molecule has 0 bridgehead atoms. The van der Waals surface area contributed by atoms with E-state index >= 15 is 0 Å². The molecular formula is C25H24N4O4S. The molecule has 34 heavy (non-hydrogen) atoms. The van der Waals surface area contributed by atoms with Crippen LogP contribution in [-0.2, 0) is 16.2 Å². The number of nitrogens with zero attached hydrogens (tertiary/aromatic N) is 3. The lowest BCUT2D eigenvalue weighted by Gasteiger charge is -2.16. The van der Waals surface area contributed by atoms with Crippen molar-refractivity contribution in [2.75, 3.05) is 12.0 Å². The molecule has 174 valence electrons. The van der Waals surface area contributed by atoms with E-state index in [1.54, 1.807) is 31.2 Å². The molecule has 1 N–H and O–H groups in total. The van der Waals surface area contributed by atoms with E-state index in [2.05, 4.69) is 15.6 Å². The Balaban J connectivity index is 1.56. The molecule has 4 rings (SSSR count). The van der Waals surface area contributed by atoms with E-state index in [1.807, 2.05) is 49.6 Å². The van der Waals surface area contributed by atoms with Gasteiger partial charge in [0.25, 0.3) is 11.5 Å². The zero-order chi connectivity index (χ0) is 24.1. The third kappa shape index (κ3) is 5.15. The average Bonchev–Trinajstić information content (AvgIpc) is 3.36. The highest BCUT2D eigenvalue weighted by Crippen LogP contribution is 2.23. The molecule has 8 nitrogen and oxygen atoms in total. The minimum Gasteiger partial charge on any atom is -0.485 e. The SMILES string of the molecule is C/C(=N\OCC(=O)Nn1c(COc2c(C)cccc2C)nc2ccccc2c1=O)c1cccs1. The first-order chi connectivity index (χ1) is 16.4. The van der Waals surface area contributed by atoms with Gasteiger partial charge in [0.05, 0.1) is 21.5 Å². The summed E-state index contributed by atoms with van der Waals surface area (Å²) in [5, 5.41) is 6.29. The molecule has 2 heterocycles. The number of para-hydroxylation sites is 2. The number of fused-ring (bicyclic) bond motifs is 1. The first kappa shape index (κ1) is 23.2. The first-order valence-electron chi connectivity index (χ1n) is 10.6. The van der Waals surface area contributed by atoms with Crippen LogP contribution in [0.15, 0.2) is 69.9 Å². The van der Waals surface area contributed by atoms with Gasteiger partial charge in [-0.1, -0.05) is 41.6 Å². The summed E-state index contributed by atoms with van der Waals surface area (Å²) in [5.41, 5.74) is 5.28. The van der Waals surface area contributed by atoms with Crippen LogP contribution in [0.4, 0.5) is 0 Å². The third-order valence-corrected chi connectivity index (χ3v) is 6.09. The van der Waals surface area contributed by atoms with Gasteiger partial charge in [0.1, 0.15) is 12.4 Å². The third-order valence-electron chi connectivity index (χ3n) is 5.11. The standard InChI is InChI=1S/C25H24N4O4S/c1-16-8-6-9-17(2)24(16)32-14-22-26-20-11-5-4-10-19(20)25(31)29(22)27-23(30)15-33-28-18(3)21-12-7-13-34-21/h4-13H,14-15H2,1-3H3,(H,27,30)/b28-18+. The van der Waals surface area contributed by atoms with Crippen molar-refractivity contribution in [1.29, 1.82) is 0 Å². The maximum Gasteiger partial charge on any atom is 0.280 e. The van der Waals surface area contributed by atoms with Gasteiger partial charge in [-0.3, -0.25) is 15.0 Å². The lowest BCUT2D eigenvalue weighted by molar-refractivity contribution is -0.121. The summed E-state index contributed by atoms with van der Waals surface area (Å²) in [5.74, 6) is 0.428. The number of carbonyl (C=O) groups is 1. The lowest BCUT2D eigenvalue weighted by Crippen LogP contribution is -2.38. The quantitative estimate of drug-likeness (QED) is 0.304. The molecule has 0 saturated carbocycles. The molecule has 2 aromatic heterocycles. The summed E-state index contributed by atoms with van der Waals surface area (Å²) in [6.45, 7) is 5.31. The smallest absolute Gasteiger partial charge is 0.280 e. The van der Waals surface area contributed by atoms with Gasteiger partial charge in [-0.05, 0) is 55.5 Å². The van der Waals surface area contributed by atoms with Crippen molar-refractivity contribution in [2.24, 2.45) is 5.16 Å². The highest BCUT2D eigenvalue weighted by molar-refractivity contribution is 7.12. The molecule has 0 atom stereocenters. The molecule has 0 unspecified atom stereocenters. The number of aromatic nitrogens is 2. The van der Waals surface area contributed by atoms with E-state index in [0.717, 1.165) is 20.7 Å². The van der Waals surface area contributed by atoms with Crippen LogP contribution in [0, 0.1) is 13.8 Å². The van der Waals surface area contributed by atoms with Crippen LogP contribution in [0.5, 0.6) is 5.75 Å². The molecule has 0 fully saturated rings. The molecule has 1 amide bonds. The van der Waals surface area contributed by atoms with Crippen LogP contribution >= 0.6 is 11.3 Å². The Hall–Kier alpha value is -3.98. The number of aryl methyl sites for hydroxylation is 2. The van der Waals surface area contributed by atoms with E-state index in [4.69, 9.17) is 9.57 Å². The predicted molar refractivity (Wildman–Crippen MR) is 133 cm³/mol. The number of amides is 1. The van der Waals surface area contributed by atoms with Gasteiger partial charge in [-0.15, -0.1) is 11.3 Å². The normalized spacial score (nSPS) is 11.4. The number of rotatable bonds is 8. The van der Waals surface area contributed by atoms with Crippen molar-refractivity contribution < 1.29 is 14.4 Å². The van der Waals surface area contributed by atoms with Gasteiger partial charge < -0.3 is 9.57 Å². The van der Waals surface area contributed by atoms with Gasteiger partial charge in [0, 0.05) is 0 Å². The monoisotopic (exact) mass is 476 g/mol. The lowest BCUT2D eigenvalue weighted by atomic mass is 10.1. The number of oxime groups is 1. The molecule has 0 aliphatic heterocycles. The summed E-state index contributed by atoms with van der Waals surface area (Å²) in [4.78, 5) is 36.4. The molecule has 0 radical (unpaired) electrons. The van der Waals surface area contributed by atoms with Crippen LogP contribution in [0.25, 0.3) is 10.9 Å². The fraction of sp³-hybridized carbons (Fsp3) is 0.200. The second-order valence-corrected chi connectivity index (χ2v) is 8.61. The van der Waals surface area contributed by atoms with Gasteiger partial charge in [0.15, 0.2) is 12.4 Å². The largest absolute Gasteiger partial charge is 0.485 e. The Morgan fingerprint density at radius 1 is 1.09 bits per heavy atom. The Morgan fingerprint density at radius 3 is 2.59 bits per heavy atom. The molecule has 0 aliphatic carbocycles. The summed E-state index contributed by atoms with van der Waals surface area (Å²) in [6.07, 6.45) is 0. The number of nitrogens with one attached hydrogen (secondary N) is 1. The van der Waals surface area contributed by atoms with Crippen LogP contribution in [-0.4, -0.2) is 27.9 Å². The van der Waals surface area contributed by atoms with Crippen LogP contribution in [0.1, 0.15) is 28.8 Å². The number of thiophene rings is 1. The second kappa shape index (κ2) is 10.3. The number of carbonyl (C=O) groups excluding carboxylic acids is 1. The summed E-state index contributed by atoms with van der Waals surface area (Å²) in [6, 6.07) is 16.6. The molecule has 0 saturated heterocycles. The molecule has 9 heteroatoms. The van der Waals surface area contributed by atoms with E-state index in [0.29, 0.717) is 22.4 Å². The van der Waals surface area contributed by atoms with Crippen molar-refractivity contribution in [2.45, 2.75) is 27.4 Å². The van der Waals surface area contributed by atoms with Crippen molar-refractivity contribution in [1.82, 2.24) is 9.66 Å². The van der Waals surface area contributed by atoms with Crippen molar-refractivity contribution in [3.8, 4) is 5.75 Å². The minimum absolute atomic E-state index is 0.0114. The number of hydrogen-bond donors (Lipinski definition) is 1. The summed E-state index contributed by atoms with van der Waals surface area (Å²) in [7, 11) is 0. The Kier molecular flexibility index (Phi) is 7.03. The fourth-order valence-electron chi connectivity index (χ4n) is 3.43. The Bertz CT molecular complexity index is 1390. The highest BCUT2D eigenvalue weighted by Gasteiger charge is 2.15. The minimum atomic E-state index is -0.546. The zero-order valence-electron chi connectivity index (χ0n) is 19.1. The van der Waals surface area contributed by atoms with E-state index in [-0.39, 0.29) is 19.0 Å². The van der Waals surface area contributed by atoms with Crippen molar-refractivity contribution in [3.05, 3.63) is 92.2 Å². The number of ether oxygens (including phenoxy) is 1. The van der Waals surface area contributed by atoms with Crippen LogP contribution in [0.3, 0.4) is 0 Å². The van der Waals surface area contributed by atoms with Crippen molar-refractivity contribution >= 4 is 33.9 Å². The molecule has 0 spiro atoms. The number of hydrogen-bond acceptors (Lipinski definition) is 7. The van der Waals surface area contributed by atoms with Crippen LogP contribution < -0.4 is 15.7 Å². The Labute approximate surface area is 200 Å². The molecule has 0 aliphatic rings. The van der Waals surface area contributed by atoms with Gasteiger partial charge in [-0.25, -0.2) is 4.98 Å². The summed E-state index contributed by atoms with van der Waals surface area (Å²) >= 11 is 1.52.